The number of aryl methyl sites for hydroxylation is 1. The van der Waals surface area contributed by atoms with E-state index in [9.17, 15) is 0 Å². The van der Waals surface area contributed by atoms with Crippen LogP contribution >= 0.6 is 15.9 Å². The van der Waals surface area contributed by atoms with Crippen LogP contribution in [0.1, 0.15) is 5.69 Å². The molecule has 2 rings (SSSR count). The van der Waals surface area contributed by atoms with E-state index < -0.39 is 0 Å². The average molecular weight is 225 g/mol. The number of aromatic nitrogens is 2. The predicted octanol–water partition coefficient (Wildman–Crippen LogP) is 2.27. The Balaban J connectivity index is 2.55. The lowest BCUT2D eigenvalue weighted by Crippen LogP contribution is -1.92. The van der Waals surface area contributed by atoms with Crippen LogP contribution < -0.4 is 0 Å². The standard InChI is InChI=1S/C9H9BrN2/c10-5-4-8-7-11-9-3-1-2-6-12(8)9/h1-3,6-7H,4-5H2. The third kappa shape index (κ3) is 1.25. The third-order valence-corrected chi connectivity index (χ3v) is 2.24. The number of halogens is 1. The minimum atomic E-state index is 0.982. The van der Waals surface area contributed by atoms with Gasteiger partial charge in [-0.3, -0.25) is 0 Å². The Bertz CT molecular complexity index is 381. The second-order valence-electron chi connectivity index (χ2n) is 2.62. The summed E-state index contributed by atoms with van der Waals surface area (Å²) in [4.78, 5) is 4.28. The van der Waals surface area contributed by atoms with Gasteiger partial charge in [-0.1, -0.05) is 22.0 Å². The van der Waals surface area contributed by atoms with E-state index in [2.05, 4.69) is 25.3 Å². The lowest BCUT2D eigenvalue weighted by Gasteiger charge is -1.96. The molecule has 0 aliphatic rings. The molecule has 0 unspecified atom stereocenters. The summed E-state index contributed by atoms with van der Waals surface area (Å²) in [5, 5.41) is 0.982. The fourth-order valence-corrected chi connectivity index (χ4v) is 1.67. The van der Waals surface area contributed by atoms with Gasteiger partial charge in [0.15, 0.2) is 0 Å². The monoisotopic (exact) mass is 224 g/mol. The van der Waals surface area contributed by atoms with Crippen LogP contribution in [0.25, 0.3) is 5.65 Å². The van der Waals surface area contributed by atoms with E-state index in [1.54, 1.807) is 0 Å². The van der Waals surface area contributed by atoms with Crippen molar-refractivity contribution < 1.29 is 0 Å². The molecule has 0 N–H and O–H groups in total. The zero-order chi connectivity index (χ0) is 8.39. The van der Waals surface area contributed by atoms with Crippen LogP contribution in [0, 0.1) is 0 Å². The Labute approximate surface area is 79.4 Å². The van der Waals surface area contributed by atoms with Gasteiger partial charge >= 0.3 is 0 Å². The van der Waals surface area contributed by atoms with Crippen LogP contribution in [-0.4, -0.2) is 14.7 Å². The minimum Gasteiger partial charge on any atom is -0.304 e. The molecule has 0 amide bonds. The molecule has 2 nitrogen and oxygen atoms in total. The molecule has 0 aliphatic heterocycles. The van der Waals surface area contributed by atoms with Crippen LogP contribution in [0.15, 0.2) is 30.6 Å². The molecule has 0 spiro atoms. The quantitative estimate of drug-likeness (QED) is 0.716. The second-order valence-corrected chi connectivity index (χ2v) is 3.41. The van der Waals surface area contributed by atoms with E-state index in [4.69, 9.17) is 0 Å². The Hall–Kier alpha value is -0.830. The van der Waals surface area contributed by atoms with Gasteiger partial charge < -0.3 is 4.40 Å². The Morgan fingerprint density at radius 3 is 3.17 bits per heavy atom. The largest absolute Gasteiger partial charge is 0.304 e. The van der Waals surface area contributed by atoms with Gasteiger partial charge in [0.25, 0.3) is 0 Å². The fourth-order valence-electron chi connectivity index (χ4n) is 1.27. The molecule has 62 valence electrons. The second kappa shape index (κ2) is 3.27. The molecule has 0 aliphatic carbocycles. The van der Waals surface area contributed by atoms with E-state index in [-0.39, 0.29) is 0 Å². The summed E-state index contributed by atoms with van der Waals surface area (Å²) in [6.07, 6.45) is 4.99. The number of rotatable bonds is 2. The van der Waals surface area contributed by atoms with Crippen molar-refractivity contribution in [3.63, 3.8) is 0 Å². The van der Waals surface area contributed by atoms with Gasteiger partial charge in [-0.2, -0.15) is 0 Å². The van der Waals surface area contributed by atoms with E-state index in [1.807, 2.05) is 30.6 Å². The number of imidazole rings is 1. The highest BCUT2D eigenvalue weighted by molar-refractivity contribution is 9.09. The predicted molar refractivity (Wildman–Crippen MR) is 52.7 cm³/mol. The Morgan fingerprint density at radius 2 is 2.33 bits per heavy atom. The van der Waals surface area contributed by atoms with Crippen molar-refractivity contribution in [3.8, 4) is 0 Å². The number of hydrogen-bond acceptors (Lipinski definition) is 1. The first-order chi connectivity index (χ1) is 5.92. The van der Waals surface area contributed by atoms with Crippen molar-refractivity contribution >= 4 is 21.6 Å². The van der Waals surface area contributed by atoms with Gasteiger partial charge in [-0.05, 0) is 18.6 Å². The van der Waals surface area contributed by atoms with Gasteiger partial charge in [0.2, 0.25) is 0 Å². The summed E-state index contributed by atoms with van der Waals surface area (Å²) < 4.78 is 2.11. The van der Waals surface area contributed by atoms with E-state index in [1.165, 1.54) is 5.69 Å². The molecule has 0 bridgehead atoms. The maximum absolute atomic E-state index is 4.28. The molecule has 3 heteroatoms. The molecular formula is C9H9BrN2. The summed E-state index contributed by atoms with van der Waals surface area (Å²) in [5.41, 5.74) is 2.27. The number of hydrogen-bond donors (Lipinski definition) is 0. The number of pyridine rings is 1. The molecule has 0 atom stereocenters. The lowest BCUT2D eigenvalue weighted by atomic mass is 10.3. The Kier molecular flexibility index (Phi) is 2.13. The van der Waals surface area contributed by atoms with Crippen LogP contribution in [0.5, 0.6) is 0 Å². The number of alkyl halides is 1. The third-order valence-electron chi connectivity index (χ3n) is 1.84. The number of nitrogens with zero attached hydrogens (tertiary/aromatic N) is 2. The van der Waals surface area contributed by atoms with Crippen molar-refractivity contribution in [3.05, 3.63) is 36.3 Å². The molecule has 12 heavy (non-hydrogen) atoms. The smallest absolute Gasteiger partial charge is 0.136 e. The molecule has 2 aromatic rings. The molecule has 0 aromatic carbocycles. The summed E-state index contributed by atoms with van der Waals surface area (Å²) in [7, 11) is 0. The Morgan fingerprint density at radius 1 is 1.42 bits per heavy atom. The zero-order valence-electron chi connectivity index (χ0n) is 6.57. The highest BCUT2D eigenvalue weighted by atomic mass is 79.9. The first-order valence-electron chi connectivity index (χ1n) is 3.89. The van der Waals surface area contributed by atoms with E-state index in [0.29, 0.717) is 0 Å². The van der Waals surface area contributed by atoms with Crippen LogP contribution in [-0.2, 0) is 6.42 Å². The highest BCUT2D eigenvalue weighted by Crippen LogP contribution is 2.07. The van der Waals surface area contributed by atoms with Gasteiger partial charge in [0, 0.05) is 23.4 Å². The van der Waals surface area contributed by atoms with Crippen molar-refractivity contribution in [2.24, 2.45) is 0 Å². The minimum absolute atomic E-state index is 0.982. The topological polar surface area (TPSA) is 17.3 Å². The van der Waals surface area contributed by atoms with Crippen molar-refractivity contribution in [1.82, 2.24) is 9.38 Å². The van der Waals surface area contributed by atoms with Gasteiger partial charge in [-0.15, -0.1) is 0 Å². The first-order valence-corrected chi connectivity index (χ1v) is 5.01. The SMILES string of the molecule is BrCCc1cnc2ccccn12. The first kappa shape index (κ1) is 7.80. The van der Waals surface area contributed by atoms with Crippen molar-refractivity contribution in [2.45, 2.75) is 6.42 Å². The summed E-state index contributed by atoms with van der Waals surface area (Å²) in [6, 6.07) is 6.03. The fraction of sp³-hybridized carbons (Fsp3) is 0.222. The van der Waals surface area contributed by atoms with Gasteiger partial charge in [0.05, 0.1) is 0 Å². The molecule has 0 saturated carbocycles. The van der Waals surface area contributed by atoms with Crippen molar-refractivity contribution in [1.29, 1.82) is 0 Å². The van der Waals surface area contributed by atoms with Crippen LogP contribution in [0.4, 0.5) is 0 Å². The molecule has 2 heterocycles. The summed E-state index contributed by atoms with van der Waals surface area (Å²) in [5.74, 6) is 0. The lowest BCUT2D eigenvalue weighted by molar-refractivity contribution is 1.01. The normalized spacial score (nSPS) is 10.8. The van der Waals surface area contributed by atoms with Crippen molar-refractivity contribution in [2.75, 3.05) is 5.33 Å². The number of fused-ring (bicyclic) bond motifs is 1. The molecule has 2 aromatic heterocycles. The molecular weight excluding hydrogens is 216 g/mol. The summed E-state index contributed by atoms with van der Waals surface area (Å²) >= 11 is 3.42. The maximum Gasteiger partial charge on any atom is 0.136 e. The van der Waals surface area contributed by atoms with E-state index >= 15 is 0 Å². The van der Waals surface area contributed by atoms with Gasteiger partial charge in [0.1, 0.15) is 5.65 Å². The van der Waals surface area contributed by atoms with E-state index in [0.717, 1.165) is 17.4 Å². The van der Waals surface area contributed by atoms with Crippen LogP contribution in [0.2, 0.25) is 0 Å². The maximum atomic E-state index is 4.28. The van der Waals surface area contributed by atoms with Gasteiger partial charge in [-0.25, -0.2) is 4.98 Å². The molecule has 0 radical (unpaired) electrons. The average Bonchev–Trinajstić information content (AvgIpc) is 2.50. The van der Waals surface area contributed by atoms with Crippen LogP contribution in [0.3, 0.4) is 0 Å². The molecule has 0 fully saturated rings. The highest BCUT2D eigenvalue weighted by Gasteiger charge is 1.99. The summed E-state index contributed by atoms with van der Waals surface area (Å²) in [6.45, 7) is 0. The molecule has 0 saturated heterocycles. The zero-order valence-corrected chi connectivity index (χ0v) is 8.16.